The molecule has 1 aliphatic rings. The van der Waals surface area contributed by atoms with Gasteiger partial charge in [-0.25, -0.2) is 22.8 Å². The van der Waals surface area contributed by atoms with E-state index in [0.717, 1.165) is 52.6 Å². The number of amides is 3. The molecule has 0 unspecified atom stereocenters. The van der Waals surface area contributed by atoms with Crippen molar-refractivity contribution in [2.24, 2.45) is 0 Å². The summed E-state index contributed by atoms with van der Waals surface area (Å²) in [5, 5.41) is 2.57. The van der Waals surface area contributed by atoms with Gasteiger partial charge in [-0.2, -0.15) is 8.78 Å². The highest BCUT2D eigenvalue weighted by atomic mass is 19.2. The molecule has 1 atom stereocenters. The molecule has 16 heteroatoms. The quantitative estimate of drug-likeness (QED) is 0.0134. The summed E-state index contributed by atoms with van der Waals surface area (Å²) in [6.07, 6.45) is 1.98. The summed E-state index contributed by atoms with van der Waals surface area (Å²) in [4.78, 5) is 52.2. The lowest BCUT2D eigenvalue weighted by molar-refractivity contribution is 0.0104. The summed E-state index contributed by atoms with van der Waals surface area (Å²) >= 11 is 0. The van der Waals surface area contributed by atoms with Crippen LogP contribution in [0.1, 0.15) is 80.4 Å². The fourth-order valence-electron chi connectivity index (χ4n) is 6.99. The molecule has 0 aliphatic carbocycles. The van der Waals surface area contributed by atoms with Crippen molar-refractivity contribution in [2.45, 2.75) is 44.2 Å². The number of unbranched alkanes of at least 4 members (excludes halogenated alkanes) is 3. The normalized spacial score (nSPS) is 12.8. The van der Waals surface area contributed by atoms with Gasteiger partial charge in [0.1, 0.15) is 17.1 Å². The first-order valence-electron chi connectivity index (χ1n) is 19.5. The van der Waals surface area contributed by atoms with Crippen molar-refractivity contribution >= 4 is 23.9 Å². The number of alkyl carbamates (subject to hydrolysis) is 1. The number of ether oxygens (including phenoxy) is 5. The number of nitrogens with one attached hydrogen (secondary N) is 1. The van der Waals surface area contributed by atoms with E-state index in [1.807, 2.05) is 78.9 Å². The topological polar surface area (TPSA) is 130 Å². The Hall–Kier alpha value is -6.81. The first-order chi connectivity index (χ1) is 29.8. The van der Waals surface area contributed by atoms with Crippen molar-refractivity contribution in [3.05, 3.63) is 160 Å². The van der Waals surface area contributed by atoms with Crippen molar-refractivity contribution in [1.82, 2.24) is 10.2 Å². The summed E-state index contributed by atoms with van der Waals surface area (Å²) in [6.45, 7) is 1.75. The van der Waals surface area contributed by atoms with Gasteiger partial charge in [0.05, 0.1) is 37.5 Å². The van der Waals surface area contributed by atoms with Gasteiger partial charge in [-0.3, -0.25) is 14.5 Å². The summed E-state index contributed by atoms with van der Waals surface area (Å²) in [6, 6.07) is 27.6. The molecule has 324 valence electrons. The van der Waals surface area contributed by atoms with Gasteiger partial charge in [0.15, 0.2) is 0 Å². The third-order valence-corrected chi connectivity index (χ3v) is 10.2. The highest BCUT2D eigenvalue weighted by Crippen LogP contribution is 2.42. The molecule has 0 saturated carbocycles. The zero-order chi connectivity index (χ0) is 44.6. The Balaban J connectivity index is 0.976. The van der Waals surface area contributed by atoms with Crippen LogP contribution in [0, 0.1) is 29.1 Å². The fourth-order valence-corrected chi connectivity index (χ4v) is 6.99. The van der Waals surface area contributed by atoms with Crippen molar-refractivity contribution in [3.8, 4) is 17.2 Å². The molecule has 5 aromatic rings. The van der Waals surface area contributed by atoms with Crippen LogP contribution >= 0.6 is 0 Å². The lowest BCUT2D eigenvalue weighted by Gasteiger charge is -2.36. The predicted octanol–water partition coefficient (Wildman–Crippen LogP) is 8.90. The van der Waals surface area contributed by atoms with Crippen LogP contribution in [-0.4, -0.2) is 68.8 Å². The Morgan fingerprint density at radius 1 is 0.645 bits per heavy atom. The summed E-state index contributed by atoms with van der Waals surface area (Å²) < 4.78 is 96.2. The monoisotopic (exact) mass is 860 g/mol. The maximum absolute atomic E-state index is 14.1. The van der Waals surface area contributed by atoms with Gasteiger partial charge in [0, 0.05) is 19.2 Å². The third kappa shape index (κ3) is 9.39. The number of methoxy groups -OCH3 is 2. The molecule has 0 spiro atoms. The average Bonchev–Trinajstić information content (AvgIpc) is 3.52. The van der Waals surface area contributed by atoms with Crippen molar-refractivity contribution in [3.63, 3.8) is 0 Å². The van der Waals surface area contributed by atoms with Crippen molar-refractivity contribution < 1.29 is 64.8 Å². The van der Waals surface area contributed by atoms with E-state index in [9.17, 15) is 41.1 Å². The number of hydrogen-bond donors (Lipinski definition) is 1. The molecule has 11 nitrogen and oxygen atoms in total. The maximum Gasteiger partial charge on any atom is 0.407 e. The van der Waals surface area contributed by atoms with Crippen molar-refractivity contribution in [2.75, 3.05) is 34.0 Å². The highest BCUT2D eigenvalue weighted by Gasteiger charge is 2.39. The van der Waals surface area contributed by atoms with Crippen LogP contribution < -0.4 is 19.5 Å². The molecule has 1 heterocycles. The Labute approximate surface area is 353 Å². The first-order valence-corrected chi connectivity index (χ1v) is 19.5. The van der Waals surface area contributed by atoms with Gasteiger partial charge >= 0.3 is 12.1 Å². The minimum atomic E-state index is -2.44. The second-order valence-corrected chi connectivity index (χ2v) is 14.2. The molecule has 6 rings (SSSR count). The summed E-state index contributed by atoms with van der Waals surface area (Å²) in [7, 11) is 3.22. The molecule has 0 radical (unpaired) electrons. The Morgan fingerprint density at radius 2 is 1.16 bits per heavy atom. The van der Waals surface area contributed by atoms with Gasteiger partial charge < -0.3 is 29.0 Å². The zero-order valence-electron chi connectivity index (χ0n) is 33.8. The number of carbonyl (C=O) groups excluding carboxylic acids is 4. The van der Waals surface area contributed by atoms with Crippen molar-refractivity contribution in [1.29, 1.82) is 0 Å². The number of carbonyl (C=O) groups is 4. The minimum Gasteiger partial charge on any atom is -0.497 e. The number of rotatable bonds is 18. The predicted molar refractivity (Wildman–Crippen MR) is 214 cm³/mol. The van der Waals surface area contributed by atoms with E-state index in [1.54, 1.807) is 14.2 Å². The number of fused-ring (bicyclic) bond motifs is 1. The number of imide groups is 1. The van der Waals surface area contributed by atoms with Crippen LogP contribution in [0.2, 0.25) is 0 Å². The third-order valence-electron chi connectivity index (χ3n) is 10.2. The van der Waals surface area contributed by atoms with E-state index in [4.69, 9.17) is 18.9 Å². The second kappa shape index (κ2) is 19.7. The maximum atomic E-state index is 14.1. The van der Waals surface area contributed by atoms with Gasteiger partial charge in [0.2, 0.25) is 34.8 Å². The average molecular weight is 861 g/mol. The molecular formula is C46H41F5N2O9. The van der Waals surface area contributed by atoms with Gasteiger partial charge in [-0.1, -0.05) is 61.0 Å². The van der Waals surface area contributed by atoms with E-state index >= 15 is 0 Å². The van der Waals surface area contributed by atoms with E-state index in [1.165, 1.54) is 6.92 Å². The summed E-state index contributed by atoms with van der Waals surface area (Å²) in [5.74, 6) is -15.4. The zero-order valence-corrected chi connectivity index (χ0v) is 33.8. The Bertz CT molecular complexity index is 2360. The standard InChI is InChI=1S/C46H41F5N2O9/c1-27(26-53-42(54)34-22-13-28(25-35(34)43(53)55)44(56)62-41-39(50)37(48)36(47)38(49)40(41)51)52-45(57)60-23-9-4-5-10-24-61-46(29-11-7-6-8-12-29,30-14-18-32(58-2)19-15-30)31-16-20-33(59-3)21-17-31/h6-8,11-22,25,27H,4-5,9-10,23-24,26H2,1-3H3,(H,52,57)/t27-/m0/s1. The lowest BCUT2D eigenvalue weighted by Crippen LogP contribution is -2.44. The SMILES string of the molecule is COc1ccc(C(OCCCCCCOC(=O)N[C@@H](C)CN2C(=O)c3ccc(C(=O)Oc4c(F)c(F)c(F)c(F)c4F)cc3C2=O)(c2ccccc2)c2ccc(OC)cc2)cc1. The molecule has 3 amide bonds. The first kappa shape index (κ1) is 44.7. The Morgan fingerprint density at radius 3 is 1.73 bits per heavy atom. The van der Waals surface area contributed by atoms with E-state index < -0.39 is 75.9 Å². The highest BCUT2D eigenvalue weighted by molar-refractivity contribution is 6.22. The summed E-state index contributed by atoms with van der Waals surface area (Å²) in [5.41, 5.74) is 0.908. The van der Waals surface area contributed by atoms with Crippen LogP contribution in [0.3, 0.4) is 0 Å². The lowest BCUT2D eigenvalue weighted by atomic mass is 9.80. The fraction of sp³-hybridized carbons (Fsp3) is 0.261. The molecule has 1 N–H and O–H groups in total. The van der Waals surface area contributed by atoms with Gasteiger partial charge in [-0.15, -0.1) is 0 Å². The molecule has 1 aliphatic heterocycles. The molecule has 0 aromatic heterocycles. The van der Waals surface area contributed by atoms with Crippen LogP contribution in [0.5, 0.6) is 17.2 Å². The molecule has 62 heavy (non-hydrogen) atoms. The number of esters is 1. The Kier molecular flexibility index (Phi) is 14.2. The largest absolute Gasteiger partial charge is 0.497 e. The smallest absolute Gasteiger partial charge is 0.407 e. The van der Waals surface area contributed by atoms with E-state index in [0.29, 0.717) is 30.9 Å². The molecule has 0 saturated heterocycles. The number of halogens is 5. The van der Waals surface area contributed by atoms with E-state index in [-0.39, 0.29) is 24.3 Å². The number of nitrogens with zero attached hydrogens (tertiary/aromatic N) is 1. The number of hydrogen-bond acceptors (Lipinski definition) is 9. The van der Waals surface area contributed by atoms with E-state index in [2.05, 4.69) is 10.1 Å². The molecule has 0 fully saturated rings. The van der Waals surface area contributed by atoms with Gasteiger partial charge in [0.25, 0.3) is 11.8 Å². The molecule has 5 aromatic carbocycles. The van der Waals surface area contributed by atoms with Gasteiger partial charge in [-0.05, 0) is 85.3 Å². The second-order valence-electron chi connectivity index (χ2n) is 14.2. The van der Waals surface area contributed by atoms with Crippen LogP contribution in [-0.2, 0) is 15.1 Å². The van der Waals surface area contributed by atoms with Crippen LogP contribution in [0.25, 0.3) is 0 Å². The molecular weight excluding hydrogens is 820 g/mol. The van der Waals surface area contributed by atoms with Crippen LogP contribution in [0.4, 0.5) is 26.7 Å². The number of benzene rings is 5. The molecule has 0 bridgehead atoms. The van der Waals surface area contributed by atoms with Crippen LogP contribution in [0.15, 0.2) is 97.1 Å². The minimum absolute atomic E-state index is 0.0992.